The van der Waals surface area contributed by atoms with Crippen LogP contribution in [0.2, 0.25) is 0 Å². The largest absolute Gasteiger partial charge is 0.370 e. The van der Waals surface area contributed by atoms with Gasteiger partial charge in [-0.25, -0.2) is 4.98 Å². The molecule has 0 amide bonds. The Hall–Kier alpha value is -2.44. The highest BCUT2D eigenvalue weighted by molar-refractivity contribution is 5.80. The van der Waals surface area contributed by atoms with Crippen LogP contribution in [0.1, 0.15) is 37.6 Å². The molecule has 1 aromatic carbocycles. The van der Waals surface area contributed by atoms with Crippen molar-refractivity contribution in [2.24, 2.45) is 0 Å². The Morgan fingerprint density at radius 1 is 1.17 bits per heavy atom. The van der Waals surface area contributed by atoms with Crippen molar-refractivity contribution in [3.8, 4) is 11.1 Å². The van der Waals surface area contributed by atoms with Crippen molar-refractivity contribution in [3.05, 3.63) is 47.8 Å². The summed E-state index contributed by atoms with van der Waals surface area (Å²) in [6.07, 6.45) is 1.13. The van der Waals surface area contributed by atoms with E-state index in [2.05, 4.69) is 56.4 Å². The van der Waals surface area contributed by atoms with Crippen LogP contribution in [0.3, 0.4) is 0 Å². The van der Waals surface area contributed by atoms with Gasteiger partial charge < -0.3 is 15.0 Å². The van der Waals surface area contributed by atoms with Gasteiger partial charge in [0.2, 0.25) is 0 Å². The molecule has 0 aliphatic carbocycles. The number of benzene rings is 1. The first-order chi connectivity index (χ1) is 14.1. The molecule has 4 rings (SSSR count). The minimum atomic E-state index is 0.358. The monoisotopic (exact) mass is 394 g/mol. The van der Waals surface area contributed by atoms with Gasteiger partial charge in [0.05, 0.1) is 25.5 Å². The maximum absolute atomic E-state index is 5.45. The molecule has 2 N–H and O–H groups in total. The first-order valence-corrected chi connectivity index (χ1v) is 10.7. The van der Waals surface area contributed by atoms with E-state index in [1.54, 1.807) is 4.90 Å². The van der Waals surface area contributed by atoms with Crippen LogP contribution in [-0.2, 0) is 4.74 Å². The van der Waals surface area contributed by atoms with Crippen molar-refractivity contribution >= 4 is 11.5 Å². The summed E-state index contributed by atoms with van der Waals surface area (Å²) in [5.41, 5.74) is 5.31. The average molecular weight is 395 g/mol. The number of anilines is 1. The van der Waals surface area contributed by atoms with Crippen molar-refractivity contribution in [2.75, 3.05) is 44.7 Å². The van der Waals surface area contributed by atoms with Crippen LogP contribution in [0.25, 0.3) is 16.8 Å². The fraction of sp³-hybridized carbons (Fsp3) is 0.478. The van der Waals surface area contributed by atoms with E-state index in [0.29, 0.717) is 5.92 Å². The summed E-state index contributed by atoms with van der Waals surface area (Å²) in [7, 11) is 0. The fourth-order valence-electron chi connectivity index (χ4n) is 3.97. The predicted molar refractivity (Wildman–Crippen MR) is 117 cm³/mol. The van der Waals surface area contributed by atoms with Gasteiger partial charge in [-0.05, 0) is 18.4 Å². The molecule has 1 saturated heterocycles. The summed E-state index contributed by atoms with van der Waals surface area (Å²) in [4.78, 5) is 6.62. The lowest BCUT2D eigenvalue weighted by Crippen LogP contribution is -3.14. The lowest BCUT2D eigenvalue weighted by Gasteiger charge is -2.23. The molecule has 6 heteroatoms. The number of hydrogen-bond acceptors (Lipinski definition) is 4. The normalized spacial score (nSPS) is 15.3. The van der Waals surface area contributed by atoms with Gasteiger partial charge in [-0.2, -0.15) is 9.61 Å². The first-order valence-electron chi connectivity index (χ1n) is 10.7. The summed E-state index contributed by atoms with van der Waals surface area (Å²) in [6.45, 7) is 12.6. The number of ether oxygens (including phenoxy) is 1. The lowest BCUT2D eigenvalue weighted by molar-refractivity contribution is -0.908. The van der Waals surface area contributed by atoms with Crippen LogP contribution in [0.5, 0.6) is 0 Å². The van der Waals surface area contributed by atoms with Crippen LogP contribution >= 0.6 is 0 Å². The van der Waals surface area contributed by atoms with Gasteiger partial charge in [0.25, 0.3) is 0 Å². The molecule has 154 valence electrons. The van der Waals surface area contributed by atoms with Crippen LogP contribution in [0.15, 0.2) is 36.4 Å². The molecule has 0 atom stereocenters. The third-order valence-electron chi connectivity index (χ3n) is 5.65. The smallest absolute Gasteiger partial charge is 0.165 e. The molecule has 2 aromatic heterocycles. The minimum Gasteiger partial charge on any atom is -0.370 e. The van der Waals surface area contributed by atoms with E-state index in [9.17, 15) is 0 Å². The van der Waals surface area contributed by atoms with Crippen LogP contribution < -0.4 is 10.2 Å². The Labute approximate surface area is 172 Å². The van der Waals surface area contributed by atoms with E-state index >= 15 is 0 Å². The van der Waals surface area contributed by atoms with Gasteiger partial charge in [0.15, 0.2) is 5.65 Å². The maximum atomic E-state index is 5.45. The number of rotatable bonds is 7. The van der Waals surface area contributed by atoms with Crippen molar-refractivity contribution < 1.29 is 9.64 Å². The number of morpholine rings is 1. The standard InChI is InChI=1S/C23H31N5O/c1-17(2)20-16-21(24-10-7-11-27-12-14-29-15-13-27)28-23(25-20)22(18(3)26-28)19-8-5-4-6-9-19/h4-6,8-9,16-17,24H,7,10-15H2,1-3H3/p+1. The van der Waals surface area contributed by atoms with Gasteiger partial charge in [-0.3, -0.25) is 0 Å². The SMILES string of the molecule is Cc1nn2c(NCCC[NH+]3CCOCC3)cc(C(C)C)nc2c1-c1ccccc1. The fourth-order valence-corrected chi connectivity index (χ4v) is 3.97. The highest BCUT2D eigenvalue weighted by Gasteiger charge is 2.18. The predicted octanol–water partition coefficient (Wildman–Crippen LogP) is 2.55. The van der Waals surface area contributed by atoms with E-state index < -0.39 is 0 Å². The molecule has 1 aliphatic heterocycles. The molecular weight excluding hydrogens is 362 g/mol. The summed E-state index contributed by atoms with van der Waals surface area (Å²) in [5, 5.41) is 8.46. The molecule has 29 heavy (non-hydrogen) atoms. The quantitative estimate of drug-likeness (QED) is 0.605. The zero-order valence-corrected chi connectivity index (χ0v) is 17.7. The van der Waals surface area contributed by atoms with Gasteiger partial charge in [-0.15, -0.1) is 0 Å². The molecular formula is C23H32N5O+. The topological polar surface area (TPSA) is 55.9 Å². The van der Waals surface area contributed by atoms with E-state index in [1.165, 1.54) is 6.54 Å². The molecule has 0 unspecified atom stereocenters. The molecule has 1 fully saturated rings. The van der Waals surface area contributed by atoms with Crippen molar-refractivity contribution in [2.45, 2.75) is 33.1 Å². The summed E-state index contributed by atoms with van der Waals surface area (Å²) >= 11 is 0. The van der Waals surface area contributed by atoms with Gasteiger partial charge in [-0.1, -0.05) is 44.2 Å². The number of nitrogens with zero attached hydrogens (tertiary/aromatic N) is 3. The highest BCUT2D eigenvalue weighted by atomic mass is 16.5. The Bertz CT molecular complexity index is 945. The molecule has 0 spiro atoms. The van der Waals surface area contributed by atoms with E-state index in [0.717, 1.165) is 73.2 Å². The Kier molecular flexibility index (Phi) is 6.11. The third kappa shape index (κ3) is 4.43. The molecule has 3 heterocycles. The summed E-state index contributed by atoms with van der Waals surface area (Å²) in [5.74, 6) is 1.39. The molecule has 6 nitrogen and oxygen atoms in total. The molecule has 3 aromatic rings. The molecule has 1 aliphatic rings. The zero-order valence-electron chi connectivity index (χ0n) is 17.7. The maximum Gasteiger partial charge on any atom is 0.165 e. The van der Waals surface area contributed by atoms with Crippen molar-refractivity contribution in [3.63, 3.8) is 0 Å². The first kappa shape index (κ1) is 19.9. The second-order valence-electron chi connectivity index (χ2n) is 8.18. The molecule has 0 bridgehead atoms. The van der Waals surface area contributed by atoms with Crippen LogP contribution in [-0.4, -0.2) is 54.0 Å². The van der Waals surface area contributed by atoms with E-state index in [-0.39, 0.29) is 0 Å². The second-order valence-corrected chi connectivity index (χ2v) is 8.18. The van der Waals surface area contributed by atoms with Crippen LogP contribution in [0.4, 0.5) is 5.82 Å². The van der Waals surface area contributed by atoms with Gasteiger partial charge in [0, 0.05) is 30.3 Å². The van der Waals surface area contributed by atoms with E-state index in [4.69, 9.17) is 14.8 Å². The second kappa shape index (κ2) is 8.93. The Morgan fingerprint density at radius 3 is 2.66 bits per heavy atom. The molecule has 0 saturated carbocycles. The minimum absolute atomic E-state index is 0.358. The van der Waals surface area contributed by atoms with Crippen molar-refractivity contribution in [1.29, 1.82) is 0 Å². The number of quaternary nitrogens is 1. The number of nitrogens with one attached hydrogen (secondary N) is 2. The van der Waals surface area contributed by atoms with Crippen LogP contribution in [0, 0.1) is 6.92 Å². The summed E-state index contributed by atoms with van der Waals surface area (Å²) in [6, 6.07) is 12.6. The third-order valence-corrected chi connectivity index (χ3v) is 5.65. The van der Waals surface area contributed by atoms with E-state index in [1.807, 2.05) is 10.6 Å². The zero-order chi connectivity index (χ0) is 20.2. The molecule has 0 radical (unpaired) electrons. The number of hydrogen-bond donors (Lipinski definition) is 2. The number of aromatic nitrogens is 3. The van der Waals surface area contributed by atoms with Crippen molar-refractivity contribution in [1.82, 2.24) is 14.6 Å². The van der Waals surface area contributed by atoms with Gasteiger partial charge >= 0.3 is 0 Å². The lowest BCUT2D eigenvalue weighted by atomic mass is 10.1. The number of aryl methyl sites for hydroxylation is 1. The number of fused-ring (bicyclic) bond motifs is 1. The average Bonchev–Trinajstić information content (AvgIpc) is 3.08. The summed E-state index contributed by atoms with van der Waals surface area (Å²) < 4.78 is 7.43. The Balaban J connectivity index is 1.59. The Morgan fingerprint density at radius 2 is 1.93 bits per heavy atom. The van der Waals surface area contributed by atoms with Gasteiger partial charge in [0.1, 0.15) is 18.9 Å². The highest BCUT2D eigenvalue weighted by Crippen LogP contribution is 2.30.